The molecule has 31 heavy (non-hydrogen) atoms. The number of rotatable bonds is 6. The van der Waals surface area contributed by atoms with E-state index in [2.05, 4.69) is 26.1 Å². The van der Waals surface area contributed by atoms with Crippen LogP contribution in [0.4, 0.5) is 4.79 Å². The first kappa shape index (κ1) is 23.9. The molecular weight excluding hydrogens is 396 g/mol. The second-order valence-electron chi connectivity index (χ2n) is 11.4. The lowest BCUT2D eigenvalue weighted by molar-refractivity contribution is -0.154. The number of amides is 2. The molecule has 2 saturated carbocycles. The van der Waals surface area contributed by atoms with E-state index in [0.29, 0.717) is 36.3 Å². The number of likely N-dealkylation sites (tertiary alicyclic amines) is 1. The van der Waals surface area contributed by atoms with Crippen molar-refractivity contribution in [2.45, 2.75) is 98.3 Å². The molecule has 0 bridgehead atoms. The van der Waals surface area contributed by atoms with Gasteiger partial charge in [-0.15, -0.1) is 0 Å². The van der Waals surface area contributed by atoms with Crippen LogP contribution in [-0.2, 0) is 19.1 Å². The van der Waals surface area contributed by atoms with Gasteiger partial charge in [0.2, 0.25) is 5.91 Å². The molecule has 1 N–H and O–H groups in total. The highest BCUT2D eigenvalue weighted by Gasteiger charge is 2.72. The van der Waals surface area contributed by atoms with Gasteiger partial charge in [-0.05, 0) is 82.5 Å². The standard InChI is InChI=1S/C24H40N2O5/c1-15(25-21(29)31-22(2,3)4)19(27)26-13-8-9-17(26)20(28)30-14-11-16-10-12-24(7)18(16)23(24,5)6/h15-18H,8-14H2,1-7H3,(H,25,29)/t15-,16?,17-,18?,24?/m0/s1. The summed E-state index contributed by atoms with van der Waals surface area (Å²) in [5.41, 5.74) is 0.207. The molecule has 0 radical (unpaired) electrons. The van der Waals surface area contributed by atoms with Crippen molar-refractivity contribution in [3.8, 4) is 0 Å². The summed E-state index contributed by atoms with van der Waals surface area (Å²) in [5, 5.41) is 2.57. The third-order valence-corrected chi connectivity index (χ3v) is 8.00. The molecule has 3 rings (SSSR count). The number of carbonyl (C=O) groups is 3. The highest BCUT2D eigenvalue weighted by Crippen LogP contribution is 2.78. The number of nitrogens with one attached hydrogen (secondary N) is 1. The van der Waals surface area contributed by atoms with E-state index in [0.717, 1.165) is 18.8 Å². The maximum absolute atomic E-state index is 12.8. The van der Waals surface area contributed by atoms with Crippen molar-refractivity contribution < 1.29 is 23.9 Å². The largest absolute Gasteiger partial charge is 0.464 e. The molecular formula is C24H40N2O5. The van der Waals surface area contributed by atoms with Crippen LogP contribution in [0.5, 0.6) is 0 Å². The molecule has 1 aliphatic heterocycles. The predicted octanol–water partition coefficient (Wildman–Crippen LogP) is 3.90. The van der Waals surface area contributed by atoms with Crippen LogP contribution >= 0.6 is 0 Å². The van der Waals surface area contributed by atoms with Gasteiger partial charge in [0.1, 0.15) is 17.7 Å². The Morgan fingerprint density at radius 1 is 1.16 bits per heavy atom. The zero-order valence-corrected chi connectivity index (χ0v) is 20.2. The van der Waals surface area contributed by atoms with E-state index in [1.807, 2.05) is 0 Å². The number of hydrogen-bond acceptors (Lipinski definition) is 5. The van der Waals surface area contributed by atoms with Crippen molar-refractivity contribution in [1.82, 2.24) is 10.2 Å². The molecule has 176 valence electrons. The summed E-state index contributed by atoms with van der Waals surface area (Å²) in [5.74, 6) is 0.734. The minimum atomic E-state index is -0.767. The summed E-state index contributed by atoms with van der Waals surface area (Å²) in [4.78, 5) is 39.1. The number of esters is 1. The first-order valence-electron chi connectivity index (χ1n) is 11.7. The van der Waals surface area contributed by atoms with Gasteiger partial charge in [-0.25, -0.2) is 9.59 Å². The monoisotopic (exact) mass is 436 g/mol. The number of fused-ring (bicyclic) bond motifs is 1. The zero-order chi connectivity index (χ0) is 23.2. The molecule has 0 aromatic heterocycles. The Bertz CT molecular complexity index is 728. The molecule has 7 heteroatoms. The molecule has 1 heterocycles. The SMILES string of the molecule is C[C@H](NC(=O)OC(C)(C)C)C(=O)N1CCC[C@H]1C(=O)OCCC1CCC2(C)C1C2(C)C. The lowest BCUT2D eigenvalue weighted by Crippen LogP contribution is -2.51. The average Bonchev–Trinajstić information content (AvgIpc) is 3.07. The third kappa shape index (κ3) is 4.70. The van der Waals surface area contributed by atoms with Crippen molar-refractivity contribution in [3.05, 3.63) is 0 Å². The van der Waals surface area contributed by atoms with E-state index in [9.17, 15) is 14.4 Å². The van der Waals surface area contributed by atoms with Crippen molar-refractivity contribution in [1.29, 1.82) is 0 Å². The molecule has 5 atom stereocenters. The maximum Gasteiger partial charge on any atom is 0.408 e. The van der Waals surface area contributed by atoms with Gasteiger partial charge in [0.15, 0.2) is 0 Å². The second kappa shape index (κ2) is 8.28. The number of ether oxygens (including phenoxy) is 2. The summed E-state index contributed by atoms with van der Waals surface area (Å²) in [6, 6.07) is -1.34. The van der Waals surface area contributed by atoms with Crippen molar-refractivity contribution in [2.24, 2.45) is 22.7 Å². The van der Waals surface area contributed by atoms with Gasteiger partial charge in [0, 0.05) is 6.54 Å². The van der Waals surface area contributed by atoms with Crippen molar-refractivity contribution in [3.63, 3.8) is 0 Å². The molecule has 3 unspecified atom stereocenters. The molecule has 2 aliphatic carbocycles. The molecule has 0 aromatic rings. The Morgan fingerprint density at radius 3 is 2.42 bits per heavy atom. The van der Waals surface area contributed by atoms with Crippen LogP contribution in [0.3, 0.4) is 0 Å². The summed E-state index contributed by atoms with van der Waals surface area (Å²) in [7, 11) is 0. The Labute approximate surface area is 186 Å². The molecule has 3 aliphatic rings. The third-order valence-electron chi connectivity index (χ3n) is 8.00. The number of hydrogen-bond donors (Lipinski definition) is 1. The van der Waals surface area contributed by atoms with Crippen LogP contribution in [0.25, 0.3) is 0 Å². The molecule has 7 nitrogen and oxygen atoms in total. The second-order valence-corrected chi connectivity index (χ2v) is 11.4. The van der Waals surface area contributed by atoms with Crippen LogP contribution < -0.4 is 5.32 Å². The van der Waals surface area contributed by atoms with E-state index >= 15 is 0 Å². The van der Waals surface area contributed by atoms with Crippen LogP contribution in [0.1, 0.15) is 80.6 Å². The van der Waals surface area contributed by atoms with E-state index in [1.165, 1.54) is 12.8 Å². The minimum Gasteiger partial charge on any atom is -0.464 e. The topological polar surface area (TPSA) is 84.9 Å². The molecule has 1 saturated heterocycles. The van der Waals surface area contributed by atoms with E-state index < -0.39 is 23.8 Å². The zero-order valence-electron chi connectivity index (χ0n) is 20.2. The van der Waals surface area contributed by atoms with Gasteiger partial charge in [-0.2, -0.15) is 0 Å². The van der Waals surface area contributed by atoms with Crippen LogP contribution in [0, 0.1) is 22.7 Å². The van der Waals surface area contributed by atoms with E-state index in [1.54, 1.807) is 32.6 Å². The van der Waals surface area contributed by atoms with Crippen molar-refractivity contribution >= 4 is 18.0 Å². The highest BCUT2D eigenvalue weighted by molar-refractivity contribution is 5.90. The smallest absolute Gasteiger partial charge is 0.408 e. The molecule has 2 amide bonds. The number of nitrogens with zero attached hydrogens (tertiary/aromatic N) is 1. The quantitative estimate of drug-likeness (QED) is 0.639. The van der Waals surface area contributed by atoms with Crippen LogP contribution in [0.2, 0.25) is 0 Å². The van der Waals surface area contributed by atoms with Gasteiger partial charge >= 0.3 is 12.1 Å². The van der Waals surface area contributed by atoms with Gasteiger partial charge in [-0.1, -0.05) is 20.8 Å². The minimum absolute atomic E-state index is 0.281. The van der Waals surface area contributed by atoms with Gasteiger partial charge in [0.25, 0.3) is 0 Å². The summed E-state index contributed by atoms with van der Waals surface area (Å²) < 4.78 is 10.8. The average molecular weight is 437 g/mol. The molecule has 0 aromatic carbocycles. The Hall–Kier alpha value is -1.79. The fourth-order valence-electron chi connectivity index (χ4n) is 6.14. The molecule has 3 fully saturated rings. The maximum atomic E-state index is 12.8. The number of carbonyl (C=O) groups excluding carboxylic acids is 3. The fourth-order valence-corrected chi connectivity index (χ4v) is 6.14. The summed E-state index contributed by atoms with van der Waals surface area (Å²) in [6.45, 7) is 14.9. The van der Waals surface area contributed by atoms with Gasteiger partial charge in [-0.3, -0.25) is 4.79 Å². The van der Waals surface area contributed by atoms with E-state index in [-0.39, 0.29) is 11.9 Å². The predicted molar refractivity (Wildman–Crippen MR) is 117 cm³/mol. The van der Waals surface area contributed by atoms with Gasteiger partial charge in [0.05, 0.1) is 6.61 Å². The Morgan fingerprint density at radius 2 is 1.84 bits per heavy atom. The summed E-state index contributed by atoms with van der Waals surface area (Å²) in [6.07, 6.45) is 4.08. The van der Waals surface area contributed by atoms with Crippen LogP contribution in [0.15, 0.2) is 0 Å². The lowest BCUT2D eigenvalue weighted by Gasteiger charge is -2.27. The van der Waals surface area contributed by atoms with Crippen LogP contribution in [-0.4, -0.2) is 53.7 Å². The fraction of sp³-hybridized carbons (Fsp3) is 0.875. The first-order chi connectivity index (χ1) is 14.3. The number of alkyl carbamates (subject to hydrolysis) is 1. The molecule has 0 spiro atoms. The first-order valence-corrected chi connectivity index (χ1v) is 11.7. The van der Waals surface area contributed by atoms with Gasteiger partial charge < -0.3 is 19.7 Å². The normalized spacial score (nSPS) is 32.2. The Kier molecular flexibility index (Phi) is 6.38. The highest BCUT2D eigenvalue weighted by atomic mass is 16.6. The summed E-state index contributed by atoms with van der Waals surface area (Å²) >= 11 is 0. The lowest BCUT2D eigenvalue weighted by atomic mass is 9.88. The Balaban J connectivity index is 1.46. The van der Waals surface area contributed by atoms with E-state index in [4.69, 9.17) is 9.47 Å². The van der Waals surface area contributed by atoms with Crippen molar-refractivity contribution in [2.75, 3.05) is 13.2 Å².